The Bertz CT molecular complexity index is 393. The average molecular weight is 189 g/mol. The molecule has 1 aromatic carbocycles. The van der Waals surface area contributed by atoms with Gasteiger partial charge in [0, 0.05) is 5.56 Å². The highest BCUT2D eigenvalue weighted by Gasteiger charge is 2.37. The van der Waals surface area contributed by atoms with Crippen LogP contribution in [0.3, 0.4) is 0 Å². The zero-order valence-corrected chi connectivity index (χ0v) is 8.15. The standard InChI is InChI=1S/C11H11NO2/c1-11(2)10(13)12-9(14-11)8-6-4-3-5-7-8/h3-7H,1-2H3. The molecule has 1 amide bonds. The molecule has 0 bridgehead atoms. The lowest BCUT2D eigenvalue weighted by Gasteiger charge is -2.15. The Balaban J connectivity index is 2.33. The topological polar surface area (TPSA) is 38.7 Å². The fourth-order valence-electron chi connectivity index (χ4n) is 1.24. The molecule has 1 aliphatic rings. The molecule has 0 unspecified atom stereocenters. The summed E-state index contributed by atoms with van der Waals surface area (Å²) in [5, 5.41) is 0. The van der Waals surface area contributed by atoms with Crippen LogP contribution in [0.2, 0.25) is 0 Å². The molecule has 0 N–H and O–H groups in total. The van der Waals surface area contributed by atoms with Crippen molar-refractivity contribution in [2.45, 2.75) is 19.4 Å². The summed E-state index contributed by atoms with van der Waals surface area (Å²) >= 11 is 0. The SMILES string of the molecule is CC1(C)OC(c2ccccc2)=NC1=O. The molecule has 0 radical (unpaired) electrons. The van der Waals surface area contributed by atoms with Crippen LogP contribution in [-0.2, 0) is 9.53 Å². The Morgan fingerprint density at radius 2 is 1.86 bits per heavy atom. The first-order valence-electron chi connectivity index (χ1n) is 4.47. The zero-order chi connectivity index (χ0) is 10.2. The lowest BCUT2D eigenvalue weighted by molar-refractivity contribution is -0.128. The van der Waals surface area contributed by atoms with Crippen molar-refractivity contribution in [2.24, 2.45) is 4.99 Å². The molecule has 0 fully saturated rings. The number of ether oxygens (including phenoxy) is 1. The summed E-state index contributed by atoms with van der Waals surface area (Å²) in [5.74, 6) is 0.192. The van der Waals surface area contributed by atoms with Gasteiger partial charge in [-0.15, -0.1) is 0 Å². The molecule has 0 aliphatic carbocycles. The van der Waals surface area contributed by atoms with E-state index in [0.29, 0.717) is 5.90 Å². The van der Waals surface area contributed by atoms with Gasteiger partial charge in [-0.1, -0.05) is 18.2 Å². The van der Waals surface area contributed by atoms with Gasteiger partial charge < -0.3 is 4.74 Å². The minimum absolute atomic E-state index is 0.226. The maximum absolute atomic E-state index is 11.4. The van der Waals surface area contributed by atoms with E-state index < -0.39 is 5.60 Å². The fraction of sp³-hybridized carbons (Fsp3) is 0.273. The fourth-order valence-corrected chi connectivity index (χ4v) is 1.24. The van der Waals surface area contributed by atoms with Gasteiger partial charge in [-0.05, 0) is 26.0 Å². The molecular weight excluding hydrogens is 178 g/mol. The van der Waals surface area contributed by atoms with Gasteiger partial charge >= 0.3 is 0 Å². The Kier molecular flexibility index (Phi) is 1.88. The summed E-state index contributed by atoms with van der Waals surface area (Å²) in [6.07, 6.45) is 0. The van der Waals surface area contributed by atoms with Gasteiger partial charge in [0.2, 0.25) is 5.90 Å². The largest absolute Gasteiger partial charge is 0.461 e. The van der Waals surface area contributed by atoms with Gasteiger partial charge in [0.05, 0.1) is 0 Å². The summed E-state index contributed by atoms with van der Waals surface area (Å²) in [6.45, 7) is 3.43. The highest BCUT2D eigenvalue weighted by atomic mass is 16.5. The van der Waals surface area contributed by atoms with E-state index in [-0.39, 0.29) is 5.91 Å². The number of nitrogens with zero attached hydrogens (tertiary/aromatic N) is 1. The van der Waals surface area contributed by atoms with Crippen molar-refractivity contribution in [2.75, 3.05) is 0 Å². The Hall–Kier alpha value is -1.64. The minimum atomic E-state index is -0.814. The second-order valence-electron chi connectivity index (χ2n) is 3.70. The van der Waals surface area contributed by atoms with E-state index in [0.717, 1.165) is 5.56 Å². The summed E-state index contributed by atoms with van der Waals surface area (Å²) in [6, 6.07) is 9.42. The van der Waals surface area contributed by atoms with E-state index in [1.807, 2.05) is 30.3 Å². The lowest BCUT2D eigenvalue weighted by atomic mass is 10.1. The maximum atomic E-state index is 11.4. The van der Waals surface area contributed by atoms with Crippen LogP contribution in [0.25, 0.3) is 0 Å². The van der Waals surface area contributed by atoms with Crippen LogP contribution in [0.4, 0.5) is 0 Å². The van der Waals surface area contributed by atoms with Crippen molar-refractivity contribution < 1.29 is 9.53 Å². The molecule has 0 spiro atoms. The van der Waals surface area contributed by atoms with E-state index in [9.17, 15) is 4.79 Å². The molecule has 0 atom stereocenters. The van der Waals surface area contributed by atoms with Crippen LogP contribution in [0.1, 0.15) is 19.4 Å². The van der Waals surface area contributed by atoms with E-state index in [2.05, 4.69) is 4.99 Å². The summed E-state index contributed by atoms with van der Waals surface area (Å²) in [4.78, 5) is 15.2. The quantitative estimate of drug-likeness (QED) is 0.675. The third-order valence-corrected chi connectivity index (χ3v) is 2.09. The summed E-state index contributed by atoms with van der Waals surface area (Å²) < 4.78 is 5.45. The number of hydrogen-bond acceptors (Lipinski definition) is 2. The van der Waals surface area contributed by atoms with Crippen molar-refractivity contribution in [1.82, 2.24) is 0 Å². The predicted molar refractivity (Wildman–Crippen MR) is 53.2 cm³/mol. The Labute approximate surface area is 82.4 Å². The van der Waals surface area contributed by atoms with Crippen LogP contribution in [0, 0.1) is 0 Å². The van der Waals surface area contributed by atoms with Crippen LogP contribution in [-0.4, -0.2) is 17.4 Å². The van der Waals surface area contributed by atoms with Crippen LogP contribution < -0.4 is 0 Å². The van der Waals surface area contributed by atoms with Gasteiger partial charge in [0.15, 0.2) is 5.60 Å². The molecular formula is C11H11NO2. The van der Waals surface area contributed by atoms with Crippen molar-refractivity contribution in [1.29, 1.82) is 0 Å². The molecule has 0 aromatic heterocycles. The third-order valence-electron chi connectivity index (χ3n) is 2.09. The summed E-state index contributed by atoms with van der Waals surface area (Å²) in [5.41, 5.74) is 0.0250. The monoisotopic (exact) mass is 189 g/mol. The highest BCUT2D eigenvalue weighted by Crippen LogP contribution is 2.22. The molecule has 3 nitrogen and oxygen atoms in total. The lowest BCUT2D eigenvalue weighted by Crippen LogP contribution is -2.29. The molecule has 14 heavy (non-hydrogen) atoms. The molecule has 72 valence electrons. The van der Waals surface area contributed by atoms with Gasteiger partial charge in [0.1, 0.15) is 0 Å². The number of hydrogen-bond donors (Lipinski definition) is 0. The predicted octanol–water partition coefficient (Wildman–Crippen LogP) is 1.77. The van der Waals surface area contributed by atoms with Gasteiger partial charge in [-0.25, -0.2) is 0 Å². The average Bonchev–Trinajstić information content (AvgIpc) is 2.43. The molecule has 1 aromatic rings. The molecule has 1 aliphatic heterocycles. The number of aliphatic imine (C=N–C) groups is 1. The van der Waals surface area contributed by atoms with Crippen molar-refractivity contribution >= 4 is 11.8 Å². The highest BCUT2D eigenvalue weighted by molar-refractivity contribution is 6.08. The molecule has 1 heterocycles. The first kappa shape index (κ1) is 8.94. The summed E-state index contributed by atoms with van der Waals surface area (Å²) in [7, 11) is 0. The number of amides is 1. The molecule has 0 saturated carbocycles. The molecule has 0 saturated heterocycles. The van der Waals surface area contributed by atoms with Crippen molar-refractivity contribution in [3.63, 3.8) is 0 Å². The van der Waals surface area contributed by atoms with Gasteiger partial charge in [-0.3, -0.25) is 4.79 Å². The first-order valence-corrected chi connectivity index (χ1v) is 4.47. The second-order valence-corrected chi connectivity index (χ2v) is 3.70. The van der Waals surface area contributed by atoms with Crippen LogP contribution in [0.5, 0.6) is 0 Å². The Morgan fingerprint density at radius 3 is 2.36 bits per heavy atom. The van der Waals surface area contributed by atoms with Crippen molar-refractivity contribution in [3.8, 4) is 0 Å². The van der Waals surface area contributed by atoms with Gasteiger partial charge in [-0.2, -0.15) is 4.99 Å². The third kappa shape index (κ3) is 1.41. The van der Waals surface area contributed by atoms with E-state index >= 15 is 0 Å². The first-order chi connectivity index (χ1) is 6.59. The smallest absolute Gasteiger partial charge is 0.292 e. The maximum Gasteiger partial charge on any atom is 0.292 e. The number of rotatable bonds is 1. The van der Waals surface area contributed by atoms with Crippen LogP contribution in [0.15, 0.2) is 35.3 Å². The van der Waals surface area contributed by atoms with Crippen molar-refractivity contribution in [3.05, 3.63) is 35.9 Å². The zero-order valence-electron chi connectivity index (χ0n) is 8.15. The van der Waals surface area contributed by atoms with Gasteiger partial charge in [0.25, 0.3) is 5.91 Å². The van der Waals surface area contributed by atoms with Crippen LogP contribution >= 0.6 is 0 Å². The van der Waals surface area contributed by atoms with E-state index in [1.165, 1.54) is 0 Å². The van der Waals surface area contributed by atoms with E-state index in [1.54, 1.807) is 13.8 Å². The minimum Gasteiger partial charge on any atom is -0.461 e. The number of carbonyl (C=O) groups excluding carboxylic acids is 1. The second kappa shape index (κ2) is 2.94. The molecule has 2 rings (SSSR count). The number of benzene rings is 1. The Morgan fingerprint density at radius 1 is 1.21 bits per heavy atom. The molecule has 3 heteroatoms. The number of carbonyl (C=O) groups is 1. The normalized spacial score (nSPS) is 19.0. The van der Waals surface area contributed by atoms with E-state index in [4.69, 9.17) is 4.74 Å².